The lowest BCUT2D eigenvalue weighted by Gasteiger charge is -2.48. The predicted molar refractivity (Wildman–Crippen MR) is 244 cm³/mol. The van der Waals surface area contributed by atoms with Gasteiger partial charge in [0.15, 0.2) is 11.6 Å². The van der Waals surface area contributed by atoms with E-state index in [0.29, 0.717) is 51.0 Å². The Balaban J connectivity index is 0.000000171. The fraction of sp³-hybridized carbons (Fsp3) is 0.580. The number of carbonyl (C=O) groups is 4. The number of ether oxygens (including phenoxy) is 2. The maximum Gasteiger partial charge on any atom is 0.338 e. The molecule has 1 atom stereocenters. The zero-order valence-corrected chi connectivity index (χ0v) is 38.9. The minimum Gasteiger partial charge on any atom is -0.457 e. The van der Waals surface area contributed by atoms with Crippen molar-refractivity contribution in [2.45, 2.75) is 117 Å². The van der Waals surface area contributed by atoms with Crippen LogP contribution in [0.15, 0.2) is 59.7 Å². The van der Waals surface area contributed by atoms with Crippen LogP contribution in [0.5, 0.6) is 0 Å². The number of aliphatic hydroxyl groups is 1. The number of cyclic esters (lactones) is 1. The van der Waals surface area contributed by atoms with Gasteiger partial charge in [0.1, 0.15) is 12.9 Å². The number of benzene rings is 2. The van der Waals surface area contributed by atoms with Gasteiger partial charge in [-0.2, -0.15) is 0 Å². The zero-order valence-electron chi connectivity index (χ0n) is 38.9. The second-order valence-corrected chi connectivity index (χ2v) is 18.9. The van der Waals surface area contributed by atoms with E-state index in [1.54, 1.807) is 17.1 Å². The van der Waals surface area contributed by atoms with Crippen LogP contribution in [0.2, 0.25) is 0 Å². The highest BCUT2D eigenvalue weighted by atomic mass is 16.5. The van der Waals surface area contributed by atoms with Crippen LogP contribution >= 0.6 is 0 Å². The van der Waals surface area contributed by atoms with Gasteiger partial charge < -0.3 is 34.2 Å². The number of Topliss-reactive ketones (excluding diaryl/α,β-unsaturated/α-hetero) is 1. The molecule has 65 heavy (non-hydrogen) atoms. The number of aliphatic hydroxyl groups excluding tert-OH is 1. The number of esters is 1. The van der Waals surface area contributed by atoms with Crippen molar-refractivity contribution in [1.82, 2.24) is 39.8 Å². The Morgan fingerprint density at radius 3 is 2.31 bits per heavy atom. The van der Waals surface area contributed by atoms with Crippen molar-refractivity contribution < 1.29 is 33.8 Å². The largest absolute Gasteiger partial charge is 0.457 e. The molecular formula is C50H66N8O7. The topological polar surface area (TPSA) is 164 Å². The molecule has 3 aromatic rings. The number of hydrogen-bond acceptors (Lipinski definition) is 13. The molecule has 4 fully saturated rings. The number of ketones is 2. The SMILES string of the molecule is CC.CC1=C(N2CCOC3(CCN(CC(O)c4ccc(-n5cnnn5)cc4C)CC3)C2)CCC1=O.Cc1c(CCN2CCC3(CC2)CC(=O)N(C2=CC(=O)CC2)C3)ccc2c1COC2=O. The summed E-state index contributed by atoms with van der Waals surface area (Å²) in [6, 6.07) is 9.86. The van der Waals surface area contributed by atoms with Gasteiger partial charge in [-0.15, -0.1) is 5.10 Å². The molecule has 0 radical (unpaired) electrons. The molecule has 0 saturated carbocycles. The molecule has 2 aromatic carbocycles. The van der Waals surface area contributed by atoms with Crippen LogP contribution in [0.3, 0.4) is 0 Å². The van der Waals surface area contributed by atoms with Crippen LogP contribution in [0.1, 0.15) is 123 Å². The number of nitrogens with zero attached hydrogens (tertiary/aromatic N) is 8. The summed E-state index contributed by atoms with van der Waals surface area (Å²) in [6.45, 7) is 19.0. The van der Waals surface area contributed by atoms with E-state index in [1.165, 1.54) is 16.8 Å². The number of β-amino-alcohol motifs (C(OH)–C–C–N with tert-alkyl or cyclic N) is 1. The van der Waals surface area contributed by atoms with Gasteiger partial charge in [0.2, 0.25) is 5.91 Å². The van der Waals surface area contributed by atoms with Gasteiger partial charge in [0, 0.05) is 93.7 Å². The predicted octanol–water partition coefficient (Wildman–Crippen LogP) is 5.60. The molecule has 1 N–H and O–H groups in total. The van der Waals surface area contributed by atoms with E-state index < -0.39 is 6.10 Å². The molecule has 2 aliphatic carbocycles. The number of likely N-dealkylation sites (tertiary alicyclic amines) is 3. The highest BCUT2D eigenvalue weighted by Gasteiger charge is 2.46. The third-order valence-electron chi connectivity index (χ3n) is 15.0. The summed E-state index contributed by atoms with van der Waals surface area (Å²) in [5.74, 6) is 0.413. The highest BCUT2D eigenvalue weighted by molar-refractivity contribution is 5.98. The van der Waals surface area contributed by atoms with Gasteiger partial charge in [-0.25, -0.2) is 9.48 Å². The van der Waals surface area contributed by atoms with E-state index in [9.17, 15) is 24.3 Å². The fourth-order valence-electron chi connectivity index (χ4n) is 11.0. The second-order valence-electron chi connectivity index (χ2n) is 18.9. The number of aromatic nitrogens is 4. The van der Waals surface area contributed by atoms with Gasteiger partial charge in [0.05, 0.1) is 29.6 Å². The molecule has 6 heterocycles. The van der Waals surface area contributed by atoms with Crippen molar-refractivity contribution in [2.75, 3.05) is 65.5 Å². The number of amides is 1. The van der Waals surface area contributed by atoms with E-state index >= 15 is 0 Å². The molecular weight excluding hydrogens is 825 g/mol. The van der Waals surface area contributed by atoms with E-state index in [-0.39, 0.29) is 34.5 Å². The minimum atomic E-state index is -0.553. The van der Waals surface area contributed by atoms with Crippen molar-refractivity contribution in [1.29, 1.82) is 0 Å². The van der Waals surface area contributed by atoms with E-state index in [0.717, 1.165) is 125 Å². The first-order chi connectivity index (χ1) is 31.4. The lowest BCUT2D eigenvalue weighted by molar-refractivity contribution is -0.131. The van der Waals surface area contributed by atoms with Crippen LogP contribution in [-0.4, -0.2) is 139 Å². The third-order valence-corrected chi connectivity index (χ3v) is 15.0. The molecule has 15 heteroatoms. The second kappa shape index (κ2) is 19.8. The number of aryl methyl sites for hydroxylation is 1. The molecule has 1 aromatic heterocycles. The molecule has 348 valence electrons. The summed E-state index contributed by atoms with van der Waals surface area (Å²) in [5.41, 5.74) is 10.1. The van der Waals surface area contributed by atoms with Gasteiger partial charge in [-0.05, 0) is 135 Å². The Hall–Kier alpha value is -5.09. The number of carbonyl (C=O) groups excluding carboxylic acids is 4. The summed E-state index contributed by atoms with van der Waals surface area (Å²) in [5, 5.41) is 22.2. The number of piperidine rings is 2. The van der Waals surface area contributed by atoms with Crippen molar-refractivity contribution >= 4 is 23.4 Å². The van der Waals surface area contributed by atoms with Crippen molar-refractivity contribution in [2.24, 2.45) is 5.41 Å². The van der Waals surface area contributed by atoms with Gasteiger partial charge in [0.25, 0.3) is 0 Å². The van der Waals surface area contributed by atoms with Crippen molar-refractivity contribution in [3.63, 3.8) is 0 Å². The number of hydrogen-bond donors (Lipinski definition) is 1. The van der Waals surface area contributed by atoms with Gasteiger partial charge in [-0.1, -0.05) is 26.0 Å². The molecule has 10 rings (SSSR count). The minimum absolute atomic E-state index is 0.0707. The van der Waals surface area contributed by atoms with Crippen LogP contribution in [0.25, 0.3) is 5.69 Å². The Bertz CT molecular complexity index is 2320. The molecule has 7 aliphatic rings. The number of allylic oxidation sites excluding steroid dienone is 4. The summed E-state index contributed by atoms with van der Waals surface area (Å²) in [6.07, 6.45) is 11.0. The summed E-state index contributed by atoms with van der Waals surface area (Å²) in [7, 11) is 0. The van der Waals surface area contributed by atoms with Gasteiger partial charge in [-0.3, -0.25) is 14.4 Å². The number of tetrazole rings is 1. The molecule has 4 saturated heterocycles. The van der Waals surface area contributed by atoms with Crippen LogP contribution in [0, 0.1) is 19.3 Å². The first-order valence-corrected chi connectivity index (χ1v) is 23.8. The summed E-state index contributed by atoms with van der Waals surface area (Å²) in [4.78, 5) is 57.0. The van der Waals surface area contributed by atoms with Crippen LogP contribution in [-0.2, 0) is 36.9 Å². The monoisotopic (exact) mass is 891 g/mol. The first kappa shape index (κ1) is 46.4. The Morgan fingerprint density at radius 2 is 1.63 bits per heavy atom. The summed E-state index contributed by atoms with van der Waals surface area (Å²) < 4.78 is 13.1. The molecule has 2 spiro atoms. The maximum atomic E-state index is 12.6. The quantitative estimate of drug-likeness (QED) is 0.265. The molecule has 5 aliphatic heterocycles. The standard InChI is InChI=1S/C24H32N6O3.C24H28N2O4.C2H6/c1-17-13-19(30-16-25-26-27-30)3-4-20(17)23(32)14-28-9-7-24(8-10-28)15-29(11-12-33-24)21-5-6-22(31)18(21)2;1-16-17(2-5-20-21(16)14-30-23(20)29)6-9-25-10-7-24(8-11-25)13-22(28)26(15-24)18-3-4-19(27)12-18;1-2/h3-4,13,16,23,32H,5-12,14-15H2,1-2H3;2,5,12H,3-4,6-11,13-15H2,1H3;1-2H3. The third kappa shape index (κ3) is 10.0. The maximum absolute atomic E-state index is 12.6. The Labute approximate surface area is 382 Å². The van der Waals surface area contributed by atoms with Crippen molar-refractivity contribution in [3.8, 4) is 5.69 Å². The van der Waals surface area contributed by atoms with E-state index in [1.807, 2.05) is 56.9 Å². The van der Waals surface area contributed by atoms with Gasteiger partial charge >= 0.3 is 5.97 Å². The van der Waals surface area contributed by atoms with Crippen molar-refractivity contribution in [3.05, 3.63) is 93.1 Å². The first-order valence-electron chi connectivity index (χ1n) is 23.8. The average Bonchev–Trinajstić information content (AvgIpc) is 4.17. The van der Waals surface area contributed by atoms with Crippen LogP contribution < -0.4 is 0 Å². The Morgan fingerprint density at radius 1 is 0.862 bits per heavy atom. The Kier molecular flexibility index (Phi) is 14.1. The molecule has 15 nitrogen and oxygen atoms in total. The number of morpholine rings is 1. The van der Waals surface area contributed by atoms with E-state index in [4.69, 9.17) is 9.47 Å². The smallest absolute Gasteiger partial charge is 0.338 e. The lowest BCUT2D eigenvalue weighted by atomic mass is 9.77. The van der Waals surface area contributed by atoms with E-state index in [2.05, 4.69) is 43.2 Å². The molecule has 0 bridgehead atoms. The fourth-order valence-corrected chi connectivity index (χ4v) is 11.0. The lowest BCUT2D eigenvalue weighted by Crippen LogP contribution is -2.56. The zero-order chi connectivity index (χ0) is 45.9. The summed E-state index contributed by atoms with van der Waals surface area (Å²) >= 11 is 0. The highest BCUT2D eigenvalue weighted by Crippen LogP contribution is 2.43. The number of rotatable bonds is 9. The number of fused-ring (bicyclic) bond motifs is 1. The average molecular weight is 891 g/mol. The molecule has 1 unspecified atom stereocenters. The molecule has 1 amide bonds. The van der Waals surface area contributed by atoms with Crippen LogP contribution in [0.4, 0.5) is 0 Å². The normalized spacial score (nSPS) is 22.2.